The summed E-state index contributed by atoms with van der Waals surface area (Å²) in [6, 6.07) is 14.9. The lowest BCUT2D eigenvalue weighted by Gasteiger charge is -2.10. The second kappa shape index (κ2) is 24.5. The fourth-order valence-corrected chi connectivity index (χ4v) is 6.23. The van der Waals surface area contributed by atoms with Gasteiger partial charge in [-0.25, -0.2) is 0 Å². The number of rotatable bonds is 6. The van der Waals surface area contributed by atoms with Crippen molar-refractivity contribution in [2.75, 3.05) is 0 Å². The Labute approximate surface area is 361 Å². The van der Waals surface area contributed by atoms with Crippen molar-refractivity contribution in [2.45, 2.75) is 96.4 Å². The topological polar surface area (TPSA) is 223 Å². The van der Waals surface area contributed by atoms with Gasteiger partial charge >= 0.3 is 5.97 Å². The van der Waals surface area contributed by atoms with Crippen molar-refractivity contribution in [2.24, 2.45) is 0 Å². The lowest BCUT2D eigenvalue weighted by Crippen LogP contribution is -2.08. The first kappa shape index (κ1) is 54.4. The van der Waals surface area contributed by atoms with E-state index < -0.39 is 11.9 Å². The summed E-state index contributed by atoms with van der Waals surface area (Å²) in [4.78, 5) is 76.3. The lowest BCUT2D eigenvalue weighted by molar-refractivity contribution is -0.134. The summed E-state index contributed by atoms with van der Waals surface area (Å²) in [5, 5.41) is 36.3. The first-order chi connectivity index (χ1) is 27.7. The Morgan fingerprint density at radius 2 is 1.00 bits per heavy atom. The molecule has 0 unspecified atom stereocenters. The molecule has 0 aliphatic rings. The molecule has 1 aromatic heterocycles. The molecule has 0 atom stereocenters. The van der Waals surface area contributed by atoms with E-state index in [1.54, 1.807) is 39.0 Å². The van der Waals surface area contributed by atoms with E-state index in [1.165, 1.54) is 45.9 Å². The van der Waals surface area contributed by atoms with Crippen molar-refractivity contribution in [1.82, 2.24) is 0 Å². The van der Waals surface area contributed by atoms with Gasteiger partial charge in [0.15, 0.2) is 22.8 Å². The molecule has 0 saturated carbocycles. The van der Waals surface area contributed by atoms with Crippen LogP contribution in [0.4, 0.5) is 0 Å². The van der Waals surface area contributed by atoms with Crippen LogP contribution in [-0.4, -0.2) is 55.5 Å². The Morgan fingerprint density at radius 3 is 1.41 bits per heavy atom. The average molecular weight is 863 g/mol. The van der Waals surface area contributed by atoms with Crippen LogP contribution in [-0.2, 0) is 14.4 Å². The molecule has 0 bridgehead atoms. The van der Waals surface area contributed by atoms with E-state index >= 15 is 0 Å². The molecule has 14 heteroatoms. The molecule has 4 aromatic carbocycles. The summed E-state index contributed by atoms with van der Waals surface area (Å²) in [6.45, 7) is 21.2. The van der Waals surface area contributed by atoms with Crippen LogP contribution >= 0.6 is 12.4 Å². The van der Waals surface area contributed by atoms with Crippen LogP contribution in [0, 0.1) is 55.4 Å². The molecule has 0 aliphatic heterocycles. The van der Waals surface area contributed by atoms with Gasteiger partial charge in [0.2, 0.25) is 0 Å². The van der Waals surface area contributed by atoms with Crippen molar-refractivity contribution < 1.29 is 58.3 Å². The molecule has 61 heavy (non-hydrogen) atoms. The number of carbonyl (C=O) groups is 6. The van der Waals surface area contributed by atoms with E-state index in [2.05, 4.69) is 0 Å². The van der Waals surface area contributed by atoms with Gasteiger partial charge < -0.3 is 29.6 Å². The number of carboxylic acid groups (broad SMARTS) is 1. The molecule has 0 fully saturated rings. The highest BCUT2D eigenvalue weighted by Crippen LogP contribution is 2.27. The van der Waals surface area contributed by atoms with Gasteiger partial charge in [-0.2, -0.15) is 0 Å². The van der Waals surface area contributed by atoms with Crippen LogP contribution in [0.15, 0.2) is 63.8 Å². The Balaban J connectivity index is 0.000000761. The van der Waals surface area contributed by atoms with Crippen LogP contribution in [0.1, 0.15) is 117 Å². The van der Waals surface area contributed by atoms with Crippen LogP contribution in [0.25, 0.3) is 11.0 Å². The second-order valence-electron chi connectivity index (χ2n) is 14.3. The van der Waals surface area contributed by atoms with Crippen molar-refractivity contribution in [3.05, 3.63) is 126 Å². The maximum absolute atomic E-state index is 11.6. The van der Waals surface area contributed by atoms with Crippen LogP contribution in [0.2, 0.25) is 0 Å². The van der Waals surface area contributed by atoms with Gasteiger partial charge in [0.05, 0.1) is 28.5 Å². The van der Waals surface area contributed by atoms with Crippen LogP contribution < -0.4 is 10.2 Å². The highest BCUT2D eigenvalue weighted by atomic mass is 35.5. The van der Waals surface area contributed by atoms with Gasteiger partial charge in [-0.05, 0) is 139 Å². The number of carboxylic acids is 1. The van der Waals surface area contributed by atoms with Crippen LogP contribution in [0.5, 0.6) is 23.0 Å². The number of hydrogen-bond donors (Lipinski definition) is 4. The minimum absolute atomic E-state index is 0. The molecule has 0 saturated heterocycles. The van der Waals surface area contributed by atoms with E-state index in [9.17, 15) is 44.1 Å². The SMILES string of the molecule is CC(=O)CC(=O)c1c(C)cc(C)cc1O.CC(=O)O.CC(=O)Oc1cc(C)cc(C)c1C(C)=O.CC(=O)c1c(C)cc(C)cc1O.Cc1cc(=O)c2c(C)cc(O)cc2o1.Cl. The summed E-state index contributed by atoms with van der Waals surface area (Å²) >= 11 is 0. The lowest BCUT2D eigenvalue weighted by atomic mass is 9.98. The highest BCUT2D eigenvalue weighted by molar-refractivity contribution is 6.09. The predicted molar refractivity (Wildman–Crippen MR) is 236 cm³/mol. The van der Waals surface area contributed by atoms with Gasteiger partial charge in [0.25, 0.3) is 5.97 Å². The standard InChI is InChI=1S/2C12H14O3.C11H10O3.C10H12O2.C2H4O2.ClH/c1-7-5-8(2)12(9(3)13)11(6-7)15-10(4)14;1-7-4-8(2)12(10(14)5-7)11(15)6-9(3)13;1-6-3-8(12)5-10-11(6)9(13)4-7(2)14-10;1-6-4-7(2)10(8(3)11)9(12)5-6;1-2(3)4;/h5-6H,1-4H3;4-5,14H,6H2,1-3H3;3-5,12H,1-2H3;4-5,12H,1-3H3;1H3,(H,3,4);1H. The number of aliphatic carboxylic acids is 1. The number of aromatic hydroxyl groups is 3. The normalized spacial score (nSPS) is 9.72. The summed E-state index contributed by atoms with van der Waals surface area (Å²) in [5.74, 6) is -0.893. The maximum atomic E-state index is 11.6. The minimum atomic E-state index is -0.833. The van der Waals surface area contributed by atoms with Gasteiger partial charge in [0.1, 0.15) is 40.1 Å². The monoisotopic (exact) mass is 862 g/mol. The van der Waals surface area contributed by atoms with E-state index in [1.807, 2.05) is 52.8 Å². The third kappa shape index (κ3) is 17.7. The van der Waals surface area contributed by atoms with E-state index in [0.29, 0.717) is 39.2 Å². The van der Waals surface area contributed by atoms with Crippen molar-refractivity contribution in [1.29, 1.82) is 0 Å². The van der Waals surface area contributed by atoms with Crippen LogP contribution in [0.3, 0.4) is 0 Å². The third-order valence-corrected chi connectivity index (χ3v) is 8.14. The second-order valence-corrected chi connectivity index (χ2v) is 14.3. The Hall–Kier alpha value is -6.60. The highest BCUT2D eigenvalue weighted by Gasteiger charge is 2.17. The summed E-state index contributed by atoms with van der Waals surface area (Å²) in [5.41, 5.74) is 7.47. The molecule has 4 N–H and O–H groups in total. The minimum Gasteiger partial charge on any atom is -0.508 e. The number of aryl methyl sites for hydroxylation is 8. The first-order valence-corrected chi connectivity index (χ1v) is 18.5. The Morgan fingerprint density at radius 1 is 0.574 bits per heavy atom. The molecular weight excluding hydrogens is 808 g/mol. The number of halogens is 1. The zero-order valence-corrected chi connectivity index (χ0v) is 37.6. The predicted octanol–water partition coefficient (Wildman–Crippen LogP) is 9.44. The van der Waals surface area contributed by atoms with Gasteiger partial charge in [-0.15, -0.1) is 12.4 Å². The number of benzene rings is 4. The van der Waals surface area contributed by atoms with E-state index in [-0.39, 0.29) is 70.2 Å². The molecule has 0 aliphatic carbocycles. The molecule has 1 heterocycles. The zero-order valence-electron chi connectivity index (χ0n) is 36.8. The number of fused-ring (bicyclic) bond motifs is 1. The first-order valence-electron chi connectivity index (χ1n) is 18.5. The van der Waals surface area contributed by atoms with Crippen molar-refractivity contribution in [3.8, 4) is 23.0 Å². The van der Waals surface area contributed by atoms with Gasteiger partial charge in [-0.3, -0.25) is 33.6 Å². The third-order valence-electron chi connectivity index (χ3n) is 8.14. The van der Waals surface area contributed by atoms with Gasteiger partial charge in [-0.1, -0.05) is 18.2 Å². The number of phenolic OH excluding ortho intramolecular Hbond substituents is 3. The molecule has 0 spiro atoms. The number of esters is 1. The zero-order chi connectivity index (χ0) is 46.3. The molecule has 5 aromatic rings. The Kier molecular flexibility index (Phi) is 21.8. The fraction of sp³-hybridized carbons (Fsp3) is 0.298. The average Bonchev–Trinajstić information content (AvgIpc) is 3.02. The molecule has 328 valence electrons. The van der Waals surface area contributed by atoms with Crippen molar-refractivity contribution in [3.63, 3.8) is 0 Å². The smallest absolute Gasteiger partial charge is 0.308 e. The summed E-state index contributed by atoms with van der Waals surface area (Å²) in [6.07, 6.45) is -0.155. The van der Waals surface area contributed by atoms with Gasteiger partial charge in [0, 0.05) is 26.0 Å². The largest absolute Gasteiger partial charge is 0.508 e. The van der Waals surface area contributed by atoms with E-state index in [0.717, 1.165) is 40.3 Å². The number of hydrogen-bond acceptors (Lipinski definition) is 12. The molecule has 0 amide bonds. The fourth-order valence-electron chi connectivity index (χ4n) is 6.23. The maximum Gasteiger partial charge on any atom is 0.308 e. The van der Waals surface area contributed by atoms with Crippen molar-refractivity contribution >= 4 is 58.4 Å². The quantitative estimate of drug-likeness (QED) is 0.0541. The summed E-state index contributed by atoms with van der Waals surface area (Å²) < 4.78 is 10.4. The van der Waals surface area contributed by atoms with E-state index in [4.69, 9.17) is 19.1 Å². The number of phenols is 3. The number of ether oxygens (including phenoxy) is 1. The Bertz CT molecular complexity index is 2440. The molecule has 5 rings (SSSR count). The number of ketones is 4. The number of carbonyl (C=O) groups excluding carboxylic acids is 5. The number of Topliss-reactive ketones (excluding diaryl/α,β-unsaturated/α-hetero) is 4. The summed E-state index contributed by atoms with van der Waals surface area (Å²) in [7, 11) is 0. The molecular formula is C47H55ClO13. The molecule has 13 nitrogen and oxygen atoms in total. The molecule has 0 radical (unpaired) electrons.